The number of aliphatic hydroxyl groups is 1. The maximum absolute atomic E-state index is 12.8. The van der Waals surface area contributed by atoms with E-state index in [2.05, 4.69) is 15.4 Å². The molecule has 1 saturated carbocycles. The maximum Gasteiger partial charge on any atom is 0.433 e. The molecule has 0 atom stereocenters. The van der Waals surface area contributed by atoms with Gasteiger partial charge in [0.1, 0.15) is 11.4 Å². The van der Waals surface area contributed by atoms with Crippen molar-refractivity contribution in [2.24, 2.45) is 5.92 Å². The highest BCUT2D eigenvalue weighted by Crippen LogP contribution is 2.38. The van der Waals surface area contributed by atoms with Crippen molar-refractivity contribution in [3.8, 4) is 0 Å². The average molecular weight is 425 g/mol. The number of nitrogens with zero attached hydrogens (tertiary/aromatic N) is 3. The van der Waals surface area contributed by atoms with E-state index in [0.29, 0.717) is 5.52 Å². The Morgan fingerprint density at radius 3 is 2.76 bits per heavy atom. The Morgan fingerprint density at radius 1 is 1.31 bits per heavy atom. The largest absolute Gasteiger partial charge is 0.433 e. The fourth-order valence-corrected chi connectivity index (χ4v) is 3.52. The van der Waals surface area contributed by atoms with Gasteiger partial charge in [-0.3, -0.25) is 9.48 Å². The highest BCUT2D eigenvalue weighted by Gasteiger charge is 2.33. The van der Waals surface area contributed by atoms with Gasteiger partial charge in [0.15, 0.2) is 0 Å². The van der Waals surface area contributed by atoms with E-state index in [0.717, 1.165) is 30.4 Å². The van der Waals surface area contributed by atoms with Gasteiger partial charge >= 0.3 is 6.18 Å². The molecule has 3 aromatic rings. The molecule has 0 bridgehead atoms. The molecular formula is C19H16ClF3N4O2. The molecule has 6 nitrogen and oxygen atoms in total. The van der Waals surface area contributed by atoms with Crippen molar-refractivity contribution in [1.82, 2.24) is 14.8 Å². The third-order valence-electron chi connectivity index (χ3n) is 4.97. The summed E-state index contributed by atoms with van der Waals surface area (Å²) >= 11 is 6.22. The van der Waals surface area contributed by atoms with Crippen LogP contribution in [0.5, 0.6) is 0 Å². The zero-order valence-corrected chi connectivity index (χ0v) is 15.7. The molecule has 1 aliphatic rings. The van der Waals surface area contributed by atoms with Crippen LogP contribution in [0.4, 0.5) is 18.9 Å². The Kier molecular flexibility index (Phi) is 4.95. The molecule has 2 heterocycles. The lowest BCUT2D eigenvalue weighted by molar-refractivity contribution is -0.141. The van der Waals surface area contributed by atoms with Crippen LogP contribution < -0.4 is 5.32 Å². The lowest BCUT2D eigenvalue weighted by atomic mass is 9.81. The number of carbonyl (C=O) groups excluding carboxylic acids is 1. The first kappa shape index (κ1) is 19.7. The predicted molar refractivity (Wildman–Crippen MR) is 101 cm³/mol. The van der Waals surface area contributed by atoms with Gasteiger partial charge in [0.2, 0.25) is 0 Å². The van der Waals surface area contributed by atoms with Crippen molar-refractivity contribution in [3.63, 3.8) is 0 Å². The van der Waals surface area contributed by atoms with Crippen molar-refractivity contribution in [2.45, 2.75) is 25.1 Å². The van der Waals surface area contributed by atoms with Gasteiger partial charge in [0, 0.05) is 18.2 Å². The number of hydrogen-bond donors (Lipinski definition) is 2. The number of aromatic nitrogens is 3. The highest BCUT2D eigenvalue weighted by atomic mass is 35.5. The van der Waals surface area contributed by atoms with E-state index >= 15 is 0 Å². The number of fused-ring (bicyclic) bond motifs is 1. The van der Waals surface area contributed by atoms with Crippen molar-refractivity contribution < 1.29 is 23.1 Å². The first-order valence-electron chi connectivity index (χ1n) is 8.89. The Hall–Kier alpha value is -2.65. The molecule has 0 unspecified atom stereocenters. The summed E-state index contributed by atoms with van der Waals surface area (Å²) in [6, 6.07) is 6.53. The zero-order valence-electron chi connectivity index (χ0n) is 14.9. The molecule has 1 aromatic carbocycles. The molecule has 0 aliphatic heterocycles. The van der Waals surface area contributed by atoms with Gasteiger partial charge in [-0.1, -0.05) is 17.7 Å². The Morgan fingerprint density at radius 2 is 2.07 bits per heavy atom. The third-order valence-corrected chi connectivity index (χ3v) is 5.29. The fourth-order valence-electron chi connectivity index (χ4n) is 3.32. The van der Waals surface area contributed by atoms with Crippen LogP contribution in [0.3, 0.4) is 0 Å². The van der Waals surface area contributed by atoms with Crippen molar-refractivity contribution in [3.05, 3.63) is 52.9 Å². The summed E-state index contributed by atoms with van der Waals surface area (Å²) in [7, 11) is 0. The Labute approximate surface area is 168 Å². The van der Waals surface area contributed by atoms with E-state index in [1.54, 1.807) is 12.1 Å². The first-order valence-corrected chi connectivity index (χ1v) is 9.27. The van der Waals surface area contributed by atoms with E-state index in [-0.39, 0.29) is 35.0 Å². The van der Waals surface area contributed by atoms with Gasteiger partial charge in [-0.05, 0) is 43.0 Å². The summed E-state index contributed by atoms with van der Waals surface area (Å²) in [5, 5.41) is 17.1. The molecule has 4 rings (SSSR count). The zero-order chi connectivity index (χ0) is 20.8. The lowest BCUT2D eigenvalue weighted by Gasteiger charge is -2.33. The smallest absolute Gasteiger partial charge is 0.396 e. The summed E-state index contributed by atoms with van der Waals surface area (Å²) in [6.45, 7) is 0.156. The molecule has 1 amide bonds. The quantitative estimate of drug-likeness (QED) is 0.654. The topological polar surface area (TPSA) is 80.0 Å². The minimum atomic E-state index is -4.64. The van der Waals surface area contributed by atoms with Crippen molar-refractivity contribution in [1.29, 1.82) is 0 Å². The maximum atomic E-state index is 12.8. The monoisotopic (exact) mass is 424 g/mol. The number of hydrogen-bond acceptors (Lipinski definition) is 4. The van der Waals surface area contributed by atoms with Crippen LogP contribution in [-0.4, -0.2) is 32.4 Å². The number of alkyl halides is 3. The van der Waals surface area contributed by atoms with Crippen LogP contribution in [0.25, 0.3) is 10.9 Å². The van der Waals surface area contributed by atoms with E-state index in [9.17, 15) is 18.0 Å². The number of rotatable bonds is 4. The number of anilines is 1. The van der Waals surface area contributed by atoms with Gasteiger partial charge in [0.25, 0.3) is 5.91 Å². The number of pyridine rings is 1. The SMILES string of the molecule is O=C(Nc1cc2cn(C3CC(CO)C3)nc2cc1Cl)c1cccc(C(F)(F)F)n1. The number of nitrogens with one attached hydrogen (secondary N) is 1. The second-order valence-corrected chi connectivity index (χ2v) is 7.44. The van der Waals surface area contributed by atoms with Crippen LogP contribution in [-0.2, 0) is 6.18 Å². The molecule has 0 saturated heterocycles. The molecule has 2 N–H and O–H groups in total. The van der Waals surface area contributed by atoms with Crippen LogP contribution in [0.2, 0.25) is 5.02 Å². The minimum absolute atomic E-state index is 0.156. The van der Waals surface area contributed by atoms with Gasteiger partial charge in [-0.15, -0.1) is 0 Å². The van der Waals surface area contributed by atoms with Gasteiger partial charge in [-0.2, -0.15) is 18.3 Å². The number of amides is 1. The summed E-state index contributed by atoms with van der Waals surface area (Å²) in [5.74, 6) is -0.514. The van der Waals surface area contributed by atoms with E-state index in [1.165, 1.54) is 6.07 Å². The summed E-state index contributed by atoms with van der Waals surface area (Å²) in [5.41, 5.74) is -0.617. The molecule has 1 fully saturated rings. The minimum Gasteiger partial charge on any atom is -0.396 e. The highest BCUT2D eigenvalue weighted by molar-refractivity contribution is 6.34. The first-order chi connectivity index (χ1) is 13.7. The van der Waals surface area contributed by atoms with Crippen molar-refractivity contribution in [2.75, 3.05) is 11.9 Å². The van der Waals surface area contributed by atoms with Gasteiger partial charge in [-0.25, -0.2) is 4.98 Å². The molecule has 152 valence electrons. The van der Waals surface area contributed by atoms with E-state index in [4.69, 9.17) is 16.7 Å². The van der Waals surface area contributed by atoms with Crippen LogP contribution >= 0.6 is 11.6 Å². The molecule has 29 heavy (non-hydrogen) atoms. The number of aliphatic hydroxyl groups excluding tert-OH is 1. The fraction of sp³-hybridized carbons (Fsp3) is 0.316. The Bertz CT molecular complexity index is 1080. The summed E-state index contributed by atoms with van der Waals surface area (Å²) < 4.78 is 40.2. The van der Waals surface area contributed by atoms with Gasteiger partial charge < -0.3 is 10.4 Å². The number of halogens is 4. The third kappa shape index (κ3) is 3.92. The normalized spacial score (nSPS) is 19.2. The van der Waals surface area contributed by atoms with E-state index < -0.39 is 17.8 Å². The second-order valence-electron chi connectivity index (χ2n) is 7.03. The van der Waals surface area contributed by atoms with Crippen LogP contribution in [0.1, 0.15) is 35.1 Å². The molecule has 2 aromatic heterocycles. The summed E-state index contributed by atoms with van der Waals surface area (Å²) in [4.78, 5) is 15.8. The van der Waals surface area contributed by atoms with Crippen LogP contribution in [0.15, 0.2) is 36.5 Å². The lowest BCUT2D eigenvalue weighted by Crippen LogP contribution is -2.29. The molecule has 1 aliphatic carbocycles. The Balaban J connectivity index is 1.56. The number of carbonyl (C=O) groups is 1. The van der Waals surface area contributed by atoms with E-state index in [1.807, 2.05) is 10.9 Å². The number of benzene rings is 1. The molecular weight excluding hydrogens is 409 g/mol. The van der Waals surface area contributed by atoms with Crippen LogP contribution in [0, 0.1) is 5.92 Å². The molecule has 0 spiro atoms. The predicted octanol–water partition coefficient (Wildman–Crippen LogP) is 4.30. The van der Waals surface area contributed by atoms with Gasteiger partial charge in [0.05, 0.1) is 22.3 Å². The summed E-state index contributed by atoms with van der Waals surface area (Å²) in [6.07, 6.45) is -1.15. The average Bonchev–Trinajstić information content (AvgIpc) is 3.02. The second kappa shape index (κ2) is 7.31. The van der Waals surface area contributed by atoms with Crippen molar-refractivity contribution >= 4 is 34.1 Å². The standard InChI is InChI=1S/C19H16ClF3N4O2/c20-13-7-15-11(8-27(26-15)12-4-10(5-12)9-28)6-16(13)25-18(29)14-2-1-3-17(24-14)19(21,22)23/h1-3,6-8,10,12,28H,4-5,9H2,(H,25,29). The molecule has 10 heteroatoms. The molecule has 0 radical (unpaired) electrons.